The molecule has 29 heavy (non-hydrogen) atoms. The van der Waals surface area contributed by atoms with Crippen LogP contribution < -0.4 is 5.56 Å². The average molecular weight is 413 g/mol. The number of likely N-dealkylation sites (tertiary alicyclic amines) is 1. The van der Waals surface area contributed by atoms with Crippen molar-refractivity contribution >= 4 is 5.91 Å². The van der Waals surface area contributed by atoms with Crippen molar-refractivity contribution in [3.63, 3.8) is 0 Å². The predicted molar refractivity (Wildman–Crippen MR) is 99.6 cm³/mol. The van der Waals surface area contributed by atoms with Crippen LogP contribution in [0.5, 0.6) is 0 Å². The molecule has 0 saturated carbocycles. The Hall–Kier alpha value is -1.94. The predicted octanol–water partition coefficient (Wildman–Crippen LogP) is 0.513. The van der Waals surface area contributed by atoms with E-state index in [0.29, 0.717) is 32.6 Å². The minimum Gasteiger partial charge on any atom is -0.332 e. The number of hydrogen-bond donors (Lipinski definition) is 0. The van der Waals surface area contributed by atoms with Crippen molar-refractivity contribution in [2.24, 2.45) is 0 Å². The summed E-state index contributed by atoms with van der Waals surface area (Å²) in [6.07, 6.45) is -1.000. The van der Waals surface area contributed by atoms with Gasteiger partial charge in [0.05, 0.1) is 18.3 Å². The molecule has 3 aliphatic rings. The molecule has 1 aromatic rings. The Labute approximate surface area is 167 Å². The number of alkyl halides is 3. The third-order valence-electron chi connectivity index (χ3n) is 6.14. The zero-order valence-corrected chi connectivity index (χ0v) is 16.3. The lowest BCUT2D eigenvalue weighted by atomic mass is 10.2. The third-order valence-corrected chi connectivity index (χ3v) is 6.14. The van der Waals surface area contributed by atoms with Gasteiger partial charge in [0.15, 0.2) is 0 Å². The van der Waals surface area contributed by atoms with Crippen molar-refractivity contribution in [3.05, 3.63) is 27.7 Å². The van der Waals surface area contributed by atoms with E-state index in [9.17, 15) is 22.8 Å². The van der Waals surface area contributed by atoms with Crippen molar-refractivity contribution in [2.45, 2.75) is 44.4 Å². The Morgan fingerprint density at radius 2 is 1.79 bits per heavy atom. The van der Waals surface area contributed by atoms with Crippen molar-refractivity contribution < 1.29 is 18.0 Å². The van der Waals surface area contributed by atoms with Gasteiger partial charge in [-0.15, -0.1) is 0 Å². The first-order valence-corrected chi connectivity index (χ1v) is 10.2. The van der Waals surface area contributed by atoms with E-state index in [2.05, 4.69) is 10.00 Å². The summed E-state index contributed by atoms with van der Waals surface area (Å²) in [5.74, 6) is -0.412. The van der Waals surface area contributed by atoms with Gasteiger partial charge in [-0.05, 0) is 31.2 Å². The molecule has 1 unspecified atom stereocenters. The second-order valence-electron chi connectivity index (χ2n) is 8.09. The van der Waals surface area contributed by atoms with Crippen molar-refractivity contribution in [2.75, 3.05) is 45.8 Å². The molecule has 0 bridgehead atoms. The molecule has 0 spiro atoms. The topological polar surface area (TPSA) is 61.7 Å². The molecule has 0 aromatic carbocycles. The molecule has 7 nitrogen and oxygen atoms in total. The van der Waals surface area contributed by atoms with Gasteiger partial charge in [-0.25, -0.2) is 4.68 Å². The molecule has 3 heterocycles. The van der Waals surface area contributed by atoms with Crippen LogP contribution in [0.25, 0.3) is 0 Å². The molecule has 1 amide bonds. The summed E-state index contributed by atoms with van der Waals surface area (Å²) >= 11 is 0. The van der Waals surface area contributed by atoms with Crippen LogP contribution in [0.2, 0.25) is 0 Å². The minimum atomic E-state index is -4.35. The number of aryl methyl sites for hydroxylation is 2. The SMILES string of the molecule is O=C1C(N2CCN(CCn3nc4c(cc3=O)CCC4)CC2)CCN1CC(F)(F)F. The Balaban J connectivity index is 1.26. The van der Waals surface area contributed by atoms with Gasteiger partial charge in [-0.2, -0.15) is 18.3 Å². The van der Waals surface area contributed by atoms with Gasteiger partial charge in [0.2, 0.25) is 5.91 Å². The van der Waals surface area contributed by atoms with E-state index < -0.39 is 24.7 Å². The second-order valence-corrected chi connectivity index (χ2v) is 8.09. The summed E-state index contributed by atoms with van der Waals surface area (Å²) in [6, 6.07) is 1.26. The molecule has 160 valence electrons. The smallest absolute Gasteiger partial charge is 0.332 e. The number of carbonyl (C=O) groups excluding carboxylic acids is 1. The molecule has 2 aliphatic heterocycles. The number of nitrogens with zero attached hydrogens (tertiary/aromatic N) is 5. The Bertz CT molecular complexity index is 817. The van der Waals surface area contributed by atoms with Crippen LogP contribution in [0.1, 0.15) is 24.1 Å². The van der Waals surface area contributed by atoms with E-state index in [1.807, 2.05) is 4.90 Å². The van der Waals surface area contributed by atoms with E-state index in [-0.39, 0.29) is 12.1 Å². The molecule has 1 atom stereocenters. The number of halogens is 3. The van der Waals surface area contributed by atoms with Crippen molar-refractivity contribution in [1.82, 2.24) is 24.5 Å². The highest BCUT2D eigenvalue weighted by molar-refractivity contribution is 5.84. The molecule has 2 fully saturated rings. The van der Waals surface area contributed by atoms with E-state index in [0.717, 1.165) is 48.5 Å². The molecular formula is C19H26F3N5O2. The molecule has 2 saturated heterocycles. The third kappa shape index (κ3) is 4.63. The maximum Gasteiger partial charge on any atom is 0.406 e. The number of fused-ring (bicyclic) bond motifs is 1. The van der Waals surface area contributed by atoms with Gasteiger partial charge in [0.1, 0.15) is 6.54 Å². The van der Waals surface area contributed by atoms with Gasteiger partial charge in [0.25, 0.3) is 5.56 Å². The number of rotatable bonds is 5. The normalized spacial score (nSPS) is 23.8. The van der Waals surface area contributed by atoms with Crippen molar-refractivity contribution in [3.8, 4) is 0 Å². The summed E-state index contributed by atoms with van der Waals surface area (Å²) in [4.78, 5) is 29.7. The molecule has 4 rings (SSSR count). The van der Waals surface area contributed by atoms with E-state index in [1.54, 1.807) is 6.07 Å². The van der Waals surface area contributed by atoms with Crippen LogP contribution in [-0.4, -0.2) is 88.4 Å². The molecule has 0 radical (unpaired) electrons. The van der Waals surface area contributed by atoms with Crippen LogP contribution in [0, 0.1) is 0 Å². The summed E-state index contributed by atoms with van der Waals surface area (Å²) in [5, 5.41) is 4.49. The number of carbonyl (C=O) groups is 1. The summed E-state index contributed by atoms with van der Waals surface area (Å²) in [5.41, 5.74) is 2.03. The first-order chi connectivity index (χ1) is 13.8. The van der Waals surface area contributed by atoms with Gasteiger partial charge < -0.3 is 4.90 Å². The lowest BCUT2D eigenvalue weighted by Crippen LogP contribution is -2.53. The van der Waals surface area contributed by atoms with Crippen LogP contribution in [0.4, 0.5) is 13.2 Å². The Morgan fingerprint density at radius 1 is 1.03 bits per heavy atom. The number of piperazine rings is 1. The summed E-state index contributed by atoms with van der Waals surface area (Å²) in [7, 11) is 0. The fourth-order valence-electron chi connectivity index (χ4n) is 4.57. The van der Waals surface area contributed by atoms with Gasteiger partial charge in [0, 0.05) is 45.3 Å². The van der Waals surface area contributed by atoms with Crippen molar-refractivity contribution in [1.29, 1.82) is 0 Å². The quantitative estimate of drug-likeness (QED) is 0.704. The molecule has 10 heteroatoms. The molecule has 1 aliphatic carbocycles. The fraction of sp³-hybridized carbons (Fsp3) is 0.737. The Morgan fingerprint density at radius 3 is 2.52 bits per heavy atom. The lowest BCUT2D eigenvalue weighted by Gasteiger charge is -2.37. The maximum absolute atomic E-state index is 12.6. The highest BCUT2D eigenvalue weighted by atomic mass is 19.4. The molecule has 0 N–H and O–H groups in total. The van der Waals surface area contributed by atoms with Gasteiger partial charge in [-0.3, -0.25) is 19.4 Å². The van der Waals surface area contributed by atoms with E-state index in [1.165, 1.54) is 4.68 Å². The zero-order chi connectivity index (χ0) is 20.6. The minimum absolute atomic E-state index is 0.0643. The number of hydrogen-bond acceptors (Lipinski definition) is 5. The van der Waals surface area contributed by atoms with E-state index in [4.69, 9.17) is 0 Å². The second kappa shape index (κ2) is 8.06. The number of aromatic nitrogens is 2. The highest BCUT2D eigenvalue weighted by Crippen LogP contribution is 2.24. The first kappa shape index (κ1) is 20.3. The van der Waals surface area contributed by atoms with Crippen LogP contribution in [0.15, 0.2) is 10.9 Å². The van der Waals surface area contributed by atoms with Crippen LogP contribution in [-0.2, 0) is 24.2 Å². The number of amides is 1. The molecule has 1 aromatic heterocycles. The van der Waals surface area contributed by atoms with Gasteiger partial charge >= 0.3 is 6.18 Å². The van der Waals surface area contributed by atoms with Crippen LogP contribution in [0.3, 0.4) is 0 Å². The highest BCUT2D eigenvalue weighted by Gasteiger charge is 2.41. The summed E-state index contributed by atoms with van der Waals surface area (Å²) < 4.78 is 39.3. The lowest BCUT2D eigenvalue weighted by molar-refractivity contribution is -0.159. The Kier molecular flexibility index (Phi) is 5.65. The largest absolute Gasteiger partial charge is 0.406 e. The first-order valence-electron chi connectivity index (χ1n) is 10.2. The van der Waals surface area contributed by atoms with Gasteiger partial charge in [-0.1, -0.05) is 0 Å². The monoisotopic (exact) mass is 413 g/mol. The van der Waals surface area contributed by atoms with Crippen LogP contribution >= 0.6 is 0 Å². The summed E-state index contributed by atoms with van der Waals surface area (Å²) in [6.45, 7) is 2.95. The van der Waals surface area contributed by atoms with E-state index >= 15 is 0 Å². The average Bonchev–Trinajstić information content (AvgIpc) is 3.26. The fourth-order valence-corrected chi connectivity index (χ4v) is 4.57. The maximum atomic E-state index is 12.6. The standard InChI is InChI=1S/C19H26F3N5O2/c20-19(21,22)13-26-5-4-16(18(26)29)25-9-6-24(7-10-25)8-11-27-17(28)12-14-2-1-3-15(14)23-27/h12,16H,1-11,13H2. The molecular weight excluding hydrogens is 387 g/mol. The zero-order valence-electron chi connectivity index (χ0n) is 16.3.